The van der Waals surface area contributed by atoms with Crippen molar-refractivity contribution >= 4 is 19.7 Å². The standard InChI is InChI=1S/C12H25NO5S2/c1-18-6-5-13-9-11(3-7-19(2,14)15)12-4-8-20(16,17)10-12/h11-13H,3-10H2,1-2H3. The molecule has 2 unspecified atom stereocenters. The maximum absolute atomic E-state index is 11.6. The molecule has 0 aromatic rings. The average Bonchev–Trinajstić information content (AvgIpc) is 2.67. The molecule has 1 rings (SSSR count). The molecule has 1 aliphatic rings. The fraction of sp³-hybridized carbons (Fsp3) is 1.00. The van der Waals surface area contributed by atoms with E-state index in [1.165, 1.54) is 6.26 Å². The first-order valence-corrected chi connectivity index (χ1v) is 10.7. The SMILES string of the molecule is COCCNCC(CCS(C)(=O)=O)C1CCS(=O)(=O)C1. The van der Waals surface area contributed by atoms with E-state index < -0.39 is 19.7 Å². The van der Waals surface area contributed by atoms with Crippen LogP contribution in [0, 0.1) is 11.8 Å². The van der Waals surface area contributed by atoms with Gasteiger partial charge in [0, 0.05) is 19.9 Å². The highest BCUT2D eigenvalue weighted by molar-refractivity contribution is 7.91. The van der Waals surface area contributed by atoms with Gasteiger partial charge in [-0.3, -0.25) is 0 Å². The van der Waals surface area contributed by atoms with Gasteiger partial charge in [-0.1, -0.05) is 0 Å². The van der Waals surface area contributed by atoms with Crippen LogP contribution in [0.2, 0.25) is 0 Å². The van der Waals surface area contributed by atoms with Crippen LogP contribution in [0.5, 0.6) is 0 Å². The second-order valence-corrected chi connectivity index (χ2v) is 10.0. The molecule has 0 radical (unpaired) electrons. The lowest BCUT2D eigenvalue weighted by atomic mass is 9.89. The highest BCUT2D eigenvalue weighted by atomic mass is 32.2. The summed E-state index contributed by atoms with van der Waals surface area (Å²) in [5.74, 6) is 0.675. The molecular weight excluding hydrogens is 302 g/mol. The molecule has 1 heterocycles. The molecule has 0 aliphatic carbocycles. The van der Waals surface area contributed by atoms with Crippen molar-refractivity contribution < 1.29 is 21.6 Å². The monoisotopic (exact) mass is 327 g/mol. The molecule has 1 saturated heterocycles. The van der Waals surface area contributed by atoms with Crippen molar-refractivity contribution in [2.75, 3.05) is 50.3 Å². The molecule has 0 aromatic heterocycles. The molecule has 0 spiro atoms. The summed E-state index contributed by atoms with van der Waals surface area (Å²) in [6, 6.07) is 0. The molecule has 120 valence electrons. The van der Waals surface area contributed by atoms with Crippen molar-refractivity contribution in [2.24, 2.45) is 11.8 Å². The normalized spacial score (nSPS) is 23.8. The zero-order valence-electron chi connectivity index (χ0n) is 12.2. The predicted octanol–water partition coefficient (Wildman–Crippen LogP) is -0.292. The van der Waals surface area contributed by atoms with E-state index in [9.17, 15) is 16.8 Å². The minimum atomic E-state index is -3.01. The van der Waals surface area contributed by atoms with Crippen molar-refractivity contribution in [3.63, 3.8) is 0 Å². The van der Waals surface area contributed by atoms with Crippen LogP contribution < -0.4 is 5.32 Å². The summed E-state index contributed by atoms with van der Waals surface area (Å²) in [6.07, 6.45) is 2.37. The maximum Gasteiger partial charge on any atom is 0.150 e. The Labute approximate surface area is 122 Å². The molecule has 8 heteroatoms. The molecule has 0 bridgehead atoms. The smallest absolute Gasteiger partial charge is 0.150 e. The number of nitrogens with one attached hydrogen (secondary N) is 1. The van der Waals surface area contributed by atoms with Gasteiger partial charge in [0.05, 0.1) is 23.9 Å². The number of ether oxygens (including phenoxy) is 1. The Balaban J connectivity index is 2.54. The molecule has 20 heavy (non-hydrogen) atoms. The molecule has 1 aliphatic heterocycles. The van der Waals surface area contributed by atoms with Gasteiger partial charge in [0.2, 0.25) is 0 Å². The van der Waals surface area contributed by atoms with Crippen molar-refractivity contribution in [1.29, 1.82) is 0 Å². The van der Waals surface area contributed by atoms with Gasteiger partial charge in [-0.05, 0) is 31.2 Å². The molecule has 6 nitrogen and oxygen atoms in total. The number of methoxy groups -OCH3 is 1. The fourth-order valence-corrected chi connectivity index (χ4v) is 5.18. The first-order valence-electron chi connectivity index (χ1n) is 6.81. The Morgan fingerprint density at radius 2 is 2.10 bits per heavy atom. The lowest BCUT2D eigenvalue weighted by molar-refractivity contribution is 0.195. The summed E-state index contributed by atoms with van der Waals surface area (Å²) in [5, 5.41) is 3.21. The third kappa shape index (κ3) is 7.01. The van der Waals surface area contributed by atoms with Gasteiger partial charge in [-0.15, -0.1) is 0 Å². The van der Waals surface area contributed by atoms with E-state index in [4.69, 9.17) is 4.74 Å². The lowest BCUT2D eigenvalue weighted by Crippen LogP contribution is -2.32. The fourth-order valence-electron chi connectivity index (χ4n) is 2.53. The topological polar surface area (TPSA) is 89.5 Å². The third-order valence-corrected chi connectivity index (χ3v) is 6.45. The number of hydrogen-bond acceptors (Lipinski definition) is 6. The lowest BCUT2D eigenvalue weighted by Gasteiger charge is -2.22. The van der Waals surface area contributed by atoms with Gasteiger partial charge in [0.25, 0.3) is 0 Å². The quantitative estimate of drug-likeness (QED) is 0.585. The Morgan fingerprint density at radius 3 is 2.60 bits per heavy atom. The Morgan fingerprint density at radius 1 is 1.40 bits per heavy atom. The second kappa shape index (κ2) is 7.72. The van der Waals surface area contributed by atoms with Crippen LogP contribution in [0.1, 0.15) is 12.8 Å². The zero-order valence-corrected chi connectivity index (χ0v) is 13.8. The highest BCUT2D eigenvalue weighted by Gasteiger charge is 2.33. The first-order chi connectivity index (χ1) is 9.23. The largest absolute Gasteiger partial charge is 0.383 e. The van der Waals surface area contributed by atoms with E-state index in [0.717, 1.165) is 0 Å². The Hall–Kier alpha value is -0.180. The van der Waals surface area contributed by atoms with E-state index >= 15 is 0 Å². The van der Waals surface area contributed by atoms with Gasteiger partial charge in [0.1, 0.15) is 9.84 Å². The van der Waals surface area contributed by atoms with E-state index in [2.05, 4.69) is 5.32 Å². The summed E-state index contributed by atoms with van der Waals surface area (Å²) in [5.41, 5.74) is 0. The van der Waals surface area contributed by atoms with Crippen LogP contribution in [0.3, 0.4) is 0 Å². The summed E-state index contributed by atoms with van der Waals surface area (Å²) in [6.45, 7) is 1.91. The number of hydrogen-bond donors (Lipinski definition) is 1. The Bertz CT molecular complexity index is 486. The third-order valence-electron chi connectivity index (χ3n) is 3.68. The summed E-state index contributed by atoms with van der Waals surface area (Å²) >= 11 is 0. The van der Waals surface area contributed by atoms with Crippen molar-refractivity contribution in [3.8, 4) is 0 Å². The molecular formula is C12H25NO5S2. The molecule has 1 N–H and O–H groups in total. The number of rotatable bonds is 9. The van der Waals surface area contributed by atoms with Crippen LogP contribution in [-0.4, -0.2) is 67.2 Å². The molecule has 1 fully saturated rings. The summed E-state index contributed by atoms with van der Waals surface area (Å²) in [4.78, 5) is 0. The minimum Gasteiger partial charge on any atom is -0.383 e. The molecule has 2 atom stereocenters. The van der Waals surface area contributed by atoms with Crippen LogP contribution in [-0.2, 0) is 24.4 Å². The van der Waals surface area contributed by atoms with Crippen molar-refractivity contribution in [3.05, 3.63) is 0 Å². The maximum atomic E-state index is 11.6. The van der Waals surface area contributed by atoms with Crippen LogP contribution in [0.15, 0.2) is 0 Å². The van der Waals surface area contributed by atoms with Gasteiger partial charge >= 0.3 is 0 Å². The molecule has 0 aromatic carbocycles. The van der Waals surface area contributed by atoms with Crippen molar-refractivity contribution in [1.82, 2.24) is 5.32 Å². The highest BCUT2D eigenvalue weighted by Crippen LogP contribution is 2.28. The predicted molar refractivity (Wildman–Crippen MR) is 79.3 cm³/mol. The van der Waals surface area contributed by atoms with Gasteiger partial charge in [-0.2, -0.15) is 0 Å². The van der Waals surface area contributed by atoms with Gasteiger partial charge < -0.3 is 10.1 Å². The van der Waals surface area contributed by atoms with Crippen LogP contribution >= 0.6 is 0 Å². The van der Waals surface area contributed by atoms with Crippen LogP contribution in [0.25, 0.3) is 0 Å². The Kier molecular flexibility index (Phi) is 6.90. The van der Waals surface area contributed by atoms with E-state index in [1.807, 2.05) is 0 Å². The van der Waals surface area contributed by atoms with E-state index in [1.54, 1.807) is 7.11 Å². The van der Waals surface area contributed by atoms with Crippen LogP contribution in [0.4, 0.5) is 0 Å². The molecule has 0 saturated carbocycles. The van der Waals surface area contributed by atoms with E-state index in [0.29, 0.717) is 32.5 Å². The number of sulfone groups is 2. The second-order valence-electron chi connectivity index (χ2n) is 5.54. The summed E-state index contributed by atoms with van der Waals surface area (Å²) in [7, 11) is -4.33. The van der Waals surface area contributed by atoms with Gasteiger partial charge in [0.15, 0.2) is 9.84 Å². The zero-order chi connectivity index (χ0) is 15.2. The van der Waals surface area contributed by atoms with Gasteiger partial charge in [-0.25, -0.2) is 16.8 Å². The first kappa shape index (κ1) is 17.9. The minimum absolute atomic E-state index is 0.0665. The summed E-state index contributed by atoms with van der Waals surface area (Å²) < 4.78 is 50.7. The average molecular weight is 327 g/mol. The van der Waals surface area contributed by atoms with Crippen molar-refractivity contribution in [2.45, 2.75) is 12.8 Å². The molecule has 0 amide bonds. The van der Waals surface area contributed by atoms with E-state index in [-0.39, 0.29) is 29.1 Å².